The predicted molar refractivity (Wildman–Crippen MR) is 107 cm³/mol. The van der Waals surface area contributed by atoms with Crippen molar-refractivity contribution >= 4 is 17.7 Å². The second-order valence-electron chi connectivity index (χ2n) is 6.23. The van der Waals surface area contributed by atoms with Gasteiger partial charge in [0, 0.05) is 24.2 Å². The zero-order valence-corrected chi connectivity index (χ0v) is 15.0. The molecule has 0 aliphatic carbocycles. The lowest BCUT2D eigenvalue weighted by molar-refractivity contribution is 0.0993. The van der Waals surface area contributed by atoms with Gasteiger partial charge in [0.25, 0.3) is 5.91 Å². The SMILES string of the molecule is CC(/C=C/c1ccccc1)c1ccc(N(C)C(=O)c2ccccc2)cn1. The number of benzene rings is 2. The van der Waals surface area contributed by atoms with E-state index in [1.165, 1.54) is 5.56 Å². The van der Waals surface area contributed by atoms with Gasteiger partial charge in [-0.25, -0.2) is 0 Å². The van der Waals surface area contributed by atoms with E-state index in [1.807, 2.05) is 60.7 Å². The van der Waals surface area contributed by atoms with Crippen molar-refractivity contribution in [3.8, 4) is 0 Å². The summed E-state index contributed by atoms with van der Waals surface area (Å²) >= 11 is 0. The largest absolute Gasteiger partial charge is 0.310 e. The molecule has 0 fully saturated rings. The minimum Gasteiger partial charge on any atom is -0.310 e. The number of pyridine rings is 1. The highest BCUT2D eigenvalue weighted by molar-refractivity contribution is 6.05. The van der Waals surface area contributed by atoms with Gasteiger partial charge in [-0.3, -0.25) is 9.78 Å². The summed E-state index contributed by atoms with van der Waals surface area (Å²) in [6.07, 6.45) is 5.99. The van der Waals surface area contributed by atoms with Crippen LogP contribution in [0.2, 0.25) is 0 Å². The fraction of sp³-hybridized carbons (Fsp3) is 0.130. The summed E-state index contributed by atoms with van der Waals surface area (Å²) in [4.78, 5) is 18.7. The molecule has 0 saturated carbocycles. The van der Waals surface area contributed by atoms with Gasteiger partial charge in [-0.15, -0.1) is 0 Å². The molecule has 1 amide bonds. The molecule has 0 spiro atoms. The van der Waals surface area contributed by atoms with Gasteiger partial charge < -0.3 is 4.90 Å². The Hall–Kier alpha value is -3.20. The first-order chi connectivity index (χ1) is 12.6. The van der Waals surface area contributed by atoms with Crippen LogP contribution in [-0.2, 0) is 0 Å². The standard InChI is InChI=1S/C23H22N2O/c1-18(13-14-19-9-5-3-6-10-19)22-16-15-21(17-24-22)25(2)23(26)20-11-7-4-8-12-20/h3-18H,1-2H3/b14-13+. The Bertz CT molecular complexity index is 871. The van der Waals surface area contributed by atoms with Crippen LogP contribution < -0.4 is 4.90 Å². The van der Waals surface area contributed by atoms with Crippen LogP contribution in [0.4, 0.5) is 5.69 Å². The Morgan fingerprint density at radius 1 is 0.962 bits per heavy atom. The lowest BCUT2D eigenvalue weighted by Crippen LogP contribution is -2.26. The maximum absolute atomic E-state index is 12.5. The summed E-state index contributed by atoms with van der Waals surface area (Å²) in [5, 5.41) is 0. The van der Waals surface area contributed by atoms with Gasteiger partial charge in [-0.2, -0.15) is 0 Å². The third-order valence-corrected chi connectivity index (χ3v) is 4.33. The highest BCUT2D eigenvalue weighted by Gasteiger charge is 2.13. The summed E-state index contributed by atoms with van der Waals surface area (Å²) in [6, 6.07) is 23.4. The third-order valence-electron chi connectivity index (χ3n) is 4.33. The lowest BCUT2D eigenvalue weighted by Gasteiger charge is -2.17. The van der Waals surface area contributed by atoms with Crippen LogP contribution in [0.25, 0.3) is 6.08 Å². The highest BCUT2D eigenvalue weighted by atomic mass is 16.2. The van der Waals surface area contributed by atoms with E-state index in [1.54, 1.807) is 18.1 Å². The molecule has 3 aromatic rings. The van der Waals surface area contributed by atoms with Crippen molar-refractivity contribution in [3.05, 3.63) is 102 Å². The molecule has 26 heavy (non-hydrogen) atoms. The van der Waals surface area contributed by atoms with Gasteiger partial charge in [0.05, 0.1) is 11.9 Å². The number of anilines is 1. The molecule has 130 valence electrons. The fourth-order valence-electron chi connectivity index (χ4n) is 2.68. The molecule has 0 saturated heterocycles. The number of carbonyl (C=O) groups is 1. The Kier molecular flexibility index (Phi) is 5.59. The van der Waals surface area contributed by atoms with Crippen LogP contribution in [0.5, 0.6) is 0 Å². The summed E-state index contributed by atoms with van der Waals surface area (Å²) in [5.41, 5.74) is 3.59. The summed E-state index contributed by atoms with van der Waals surface area (Å²) in [6.45, 7) is 2.11. The van der Waals surface area contributed by atoms with Crippen LogP contribution >= 0.6 is 0 Å². The van der Waals surface area contributed by atoms with Crippen LogP contribution in [0, 0.1) is 0 Å². The second kappa shape index (κ2) is 8.26. The summed E-state index contributed by atoms with van der Waals surface area (Å²) in [5.74, 6) is 0.150. The van der Waals surface area contributed by atoms with Crippen molar-refractivity contribution in [3.63, 3.8) is 0 Å². The third kappa shape index (κ3) is 4.25. The molecule has 1 heterocycles. The smallest absolute Gasteiger partial charge is 0.258 e. The normalized spacial score (nSPS) is 12.1. The zero-order chi connectivity index (χ0) is 18.4. The monoisotopic (exact) mass is 342 g/mol. The van der Waals surface area contributed by atoms with Crippen molar-refractivity contribution in [2.75, 3.05) is 11.9 Å². The topological polar surface area (TPSA) is 33.2 Å². The molecule has 1 aromatic heterocycles. The van der Waals surface area contributed by atoms with Gasteiger partial charge in [0.15, 0.2) is 0 Å². The molecule has 0 aliphatic rings. The number of amides is 1. The molecule has 2 aromatic carbocycles. The van der Waals surface area contributed by atoms with E-state index >= 15 is 0 Å². The highest BCUT2D eigenvalue weighted by Crippen LogP contribution is 2.20. The van der Waals surface area contributed by atoms with Crippen molar-refractivity contribution in [2.45, 2.75) is 12.8 Å². The van der Waals surface area contributed by atoms with Crippen LogP contribution in [0.15, 0.2) is 85.1 Å². The Morgan fingerprint density at radius 3 is 2.23 bits per heavy atom. The van der Waals surface area contributed by atoms with Crippen LogP contribution in [0.3, 0.4) is 0 Å². The molecule has 0 aliphatic heterocycles. The average Bonchev–Trinajstić information content (AvgIpc) is 2.72. The first kappa shape index (κ1) is 17.6. The van der Waals surface area contributed by atoms with Crippen LogP contribution in [0.1, 0.15) is 34.5 Å². The van der Waals surface area contributed by atoms with Gasteiger partial charge in [-0.1, -0.05) is 67.6 Å². The van der Waals surface area contributed by atoms with E-state index in [0.717, 1.165) is 11.4 Å². The van der Waals surface area contributed by atoms with Crippen LogP contribution in [-0.4, -0.2) is 17.9 Å². The number of hydrogen-bond donors (Lipinski definition) is 0. The molecular formula is C23H22N2O. The maximum Gasteiger partial charge on any atom is 0.258 e. The predicted octanol–water partition coefficient (Wildman–Crippen LogP) is 5.18. The first-order valence-corrected chi connectivity index (χ1v) is 8.67. The molecule has 1 unspecified atom stereocenters. The van der Waals surface area contributed by atoms with E-state index in [9.17, 15) is 4.79 Å². The molecule has 3 rings (SSSR count). The van der Waals surface area contributed by atoms with Gasteiger partial charge in [0.2, 0.25) is 0 Å². The van der Waals surface area contributed by atoms with Gasteiger partial charge >= 0.3 is 0 Å². The van der Waals surface area contributed by atoms with Crippen molar-refractivity contribution in [1.29, 1.82) is 0 Å². The minimum absolute atomic E-state index is 0.0443. The van der Waals surface area contributed by atoms with Crippen molar-refractivity contribution in [2.24, 2.45) is 0 Å². The van der Waals surface area contributed by atoms with E-state index in [-0.39, 0.29) is 11.8 Å². The number of nitrogens with zero attached hydrogens (tertiary/aromatic N) is 2. The first-order valence-electron chi connectivity index (χ1n) is 8.67. The zero-order valence-electron chi connectivity index (χ0n) is 15.0. The quantitative estimate of drug-likeness (QED) is 0.640. The molecule has 0 N–H and O–H groups in total. The lowest BCUT2D eigenvalue weighted by atomic mass is 10.0. The van der Waals surface area contributed by atoms with Crippen molar-refractivity contribution in [1.82, 2.24) is 4.98 Å². The molecule has 1 atom stereocenters. The maximum atomic E-state index is 12.5. The van der Waals surface area contributed by atoms with Gasteiger partial charge in [0.1, 0.15) is 0 Å². The summed E-state index contributed by atoms with van der Waals surface area (Å²) < 4.78 is 0. The van der Waals surface area contributed by atoms with E-state index < -0.39 is 0 Å². The molecular weight excluding hydrogens is 320 g/mol. The number of allylic oxidation sites excluding steroid dienone is 1. The molecule has 3 nitrogen and oxygen atoms in total. The number of hydrogen-bond acceptors (Lipinski definition) is 2. The number of carbonyl (C=O) groups excluding carboxylic acids is 1. The average molecular weight is 342 g/mol. The van der Waals surface area contributed by atoms with Gasteiger partial charge in [-0.05, 0) is 29.8 Å². The van der Waals surface area contributed by atoms with E-state index in [0.29, 0.717) is 5.56 Å². The number of aromatic nitrogens is 1. The van der Waals surface area contributed by atoms with E-state index in [2.05, 4.69) is 36.2 Å². The minimum atomic E-state index is -0.0443. The number of rotatable bonds is 5. The molecule has 3 heteroatoms. The Labute approximate surface area is 154 Å². The summed E-state index contributed by atoms with van der Waals surface area (Å²) in [7, 11) is 1.77. The van der Waals surface area contributed by atoms with Crippen molar-refractivity contribution < 1.29 is 4.79 Å². The Morgan fingerprint density at radius 2 is 1.62 bits per heavy atom. The second-order valence-corrected chi connectivity index (χ2v) is 6.23. The fourth-order valence-corrected chi connectivity index (χ4v) is 2.68. The Balaban J connectivity index is 1.70. The molecule has 0 radical (unpaired) electrons. The van der Waals surface area contributed by atoms with E-state index in [4.69, 9.17) is 0 Å². The molecule has 0 bridgehead atoms.